The molecule has 0 spiro atoms. The van der Waals surface area contributed by atoms with Crippen molar-refractivity contribution in [2.45, 2.75) is 13.2 Å². The van der Waals surface area contributed by atoms with E-state index in [2.05, 4.69) is 11.1 Å². The molecule has 5 heteroatoms. The molecule has 3 rings (SSSR count). The number of ether oxygens (including phenoxy) is 2. The van der Waals surface area contributed by atoms with Crippen LogP contribution in [-0.2, 0) is 9.47 Å². The van der Waals surface area contributed by atoms with Gasteiger partial charge in [0.2, 0.25) is 0 Å². The Morgan fingerprint density at radius 3 is 2.48 bits per heavy atom. The second kappa shape index (κ2) is 7.45. The van der Waals surface area contributed by atoms with Crippen LogP contribution >= 0.6 is 23.2 Å². The predicted molar refractivity (Wildman–Crippen MR) is 92.6 cm³/mol. The number of halogens is 2. The summed E-state index contributed by atoms with van der Waals surface area (Å²) in [6, 6.07) is 9.36. The number of aromatic nitrogens is 1. The summed E-state index contributed by atoms with van der Waals surface area (Å²) in [5.41, 5.74) is 2.66. The number of rotatable bonds is 3. The van der Waals surface area contributed by atoms with E-state index in [4.69, 9.17) is 32.7 Å². The van der Waals surface area contributed by atoms with Crippen LogP contribution in [0, 0.1) is 5.92 Å². The van der Waals surface area contributed by atoms with Crippen LogP contribution in [0.15, 0.2) is 48.7 Å². The zero-order chi connectivity index (χ0) is 16.2. The van der Waals surface area contributed by atoms with Crippen LogP contribution in [0.2, 0.25) is 10.0 Å². The van der Waals surface area contributed by atoms with Crippen molar-refractivity contribution in [1.29, 1.82) is 0 Å². The number of allylic oxidation sites excluding steroid dienone is 1. The van der Waals surface area contributed by atoms with E-state index >= 15 is 0 Å². The zero-order valence-electron chi connectivity index (χ0n) is 12.7. The van der Waals surface area contributed by atoms with Gasteiger partial charge in [0.1, 0.15) is 0 Å². The highest BCUT2D eigenvalue weighted by Gasteiger charge is 2.22. The molecule has 2 heterocycles. The monoisotopic (exact) mass is 349 g/mol. The van der Waals surface area contributed by atoms with Crippen molar-refractivity contribution in [3.05, 3.63) is 64.3 Å². The highest BCUT2D eigenvalue weighted by atomic mass is 35.5. The molecule has 1 aliphatic rings. The molecule has 3 nitrogen and oxygen atoms in total. The summed E-state index contributed by atoms with van der Waals surface area (Å²) in [5.74, 6) is 0.319. The normalized spacial score (nSPS) is 21.7. The second-order valence-corrected chi connectivity index (χ2v) is 6.20. The lowest BCUT2D eigenvalue weighted by Crippen LogP contribution is -2.25. The van der Waals surface area contributed by atoms with Crippen molar-refractivity contribution in [1.82, 2.24) is 4.98 Å². The maximum absolute atomic E-state index is 6.05. The Hall–Kier alpha value is -1.39. The van der Waals surface area contributed by atoms with Gasteiger partial charge in [-0.3, -0.25) is 4.98 Å². The molecule has 1 aliphatic heterocycles. The molecule has 0 saturated carbocycles. The predicted octanol–water partition coefficient (Wildman–Crippen LogP) is 5.29. The minimum atomic E-state index is -0.355. The fourth-order valence-electron chi connectivity index (χ4n) is 2.46. The van der Waals surface area contributed by atoms with Gasteiger partial charge in [0.05, 0.1) is 29.0 Å². The van der Waals surface area contributed by atoms with E-state index in [1.807, 2.05) is 31.2 Å². The van der Waals surface area contributed by atoms with Crippen molar-refractivity contribution in [2.75, 3.05) is 13.2 Å². The van der Waals surface area contributed by atoms with Gasteiger partial charge >= 0.3 is 0 Å². The summed E-state index contributed by atoms with van der Waals surface area (Å²) in [4.78, 5) is 4.47. The van der Waals surface area contributed by atoms with E-state index in [1.54, 1.807) is 18.3 Å². The van der Waals surface area contributed by atoms with Crippen LogP contribution in [0.4, 0.5) is 0 Å². The Labute approximate surface area is 145 Å². The number of hydrogen-bond donors (Lipinski definition) is 0. The van der Waals surface area contributed by atoms with E-state index in [0.29, 0.717) is 29.2 Å². The zero-order valence-corrected chi connectivity index (χ0v) is 14.2. The van der Waals surface area contributed by atoms with Crippen molar-refractivity contribution in [2.24, 2.45) is 5.92 Å². The van der Waals surface area contributed by atoms with Gasteiger partial charge in [-0.1, -0.05) is 47.5 Å². The third-order valence-corrected chi connectivity index (χ3v) is 4.40. The minimum Gasteiger partial charge on any atom is -0.348 e. The molecular formula is C18H17Cl2NO2. The molecule has 0 atom stereocenters. The first-order valence-electron chi connectivity index (χ1n) is 7.45. The van der Waals surface area contributed by atoms with Crippen LogP contribution in [-0.4, -0.2) is 18.2 Å². The number of nitrogens with zero attached hydrogens (tertiary/aromatic N) is 1. The summed E-state index contributed by atoms with van der Waals surface area (Å²) >= 11 is 12.0. The number of benzene rings is 1. The SMILES string of the molecule is CC=CC1COC(c2ccc(-c3ccc(Cl)c(Cl)c3)nc2)OC1. The molecule has 0 aliphatic carbocycles. The van der Waals surface area contributed by atoms with Crippen LogP contribution in [0.25, 0.3) is 11.3 Å². The third kappa shape index (κ3) is 3.93. The molecule has 0 amide bonds. The van der Waals surface area contributed by atoms with Crippen LogP contribution in [0.1, 0.15) is 18.8 Å². The topological polar surface area (TPSA) is 31.4 Å². The first kappa shape index (κ1) is 16.5. The Kier molecular flexibility index (Phi) is 5.34. The average Bonchev–Trinajstić information content (AvgIpc) is 2.59. The van der Waals surface area contributed by atoms with Gasteiger partial charge in [-0.15, -0.1) is 0 Å². The van der Waals surface area contributed by atoms with Gasteiger partial charge in [-0.05, 0) is 25.1 Å². The molecule has 2 aromatic rings. The smallest absolute Gasteiger partial charge is 0.185 e. The summed E-state index contributed by atoms with van der Waals surface area (Å²) < 4.78 is 11.5. The summed E-state index contributed by atoms with van der Waals surface area (Å²) in [6.07, 6.45) is 5.54. The Balaban J connectivity index is 1.71. The lowest BCUT2D eigenvalue weighted by atomic mass is 10.1. The molecule has 0 bridgehead atoms. The van der Waals surface area contributed by atoms with Crippen molar-refractivity contribution >= 4 is 23.2 Å². The van der Waals surface area contributed by atoms with Gasteiger partial charge < -0.3 is 9.47 Å². The molecule has 1 aromatic carbocycles. The van der Waals surface area contributed by atoms with Crippen LogP contribution in [0.5, 0.6) is 0 Å². The standard InChI is InChI=1S/C18H17Cl2NO2/c1-2-3-12-10-22-18(23-11-12)14-5-7-17(21-9-14)13-4-6-15(19)16(20)8-13/h2-9,12,18H,10-11H2,1H3. The van der Waals surface area contributed by atoms with Gasteiger partial charge in [-0.25, -0.2) is 0 Å². The average molecular weight is 350 g/mol. The molecule has 120 valence electrons. The Morgan fingerprint density at radius 2 is 1.87 bits per heavy atom. The molecule has 23 heavy (non-hydrogen) atoms. The van der Waals surface area contributed by atoms with Gasteiger partial charge in [0.25, 0.3) is 0 Å². The van der Waals surface area contributed by atoms with E-state index in [0.717, 1.165) is 16.8 Å². The maximum Gasteiger partial charge on any atom is 0.185 e. The van der Waals surface area contributed by atoms with Crippen LogP contribution in [0.3, 0.4) is 0 Å². The molecule has 1 fully saturated rings. The molecular weight excluding hydrogens is 333 g/mol. The number of hydrogen-bond acceptors (Lipinski definition) is 3. The lowest BCUT2D eigenvalue weighted by Gasteiger charge is -2.28. The summed E-state index contributed by atoms with van der Waals surface area (Å²) in [6.45, 7) is 3.31. The minimum absolute atomic E-state index is 0.319. The highest BCUT2D eigenvalue weighted by molar-refractivity contribution is 6.42. The second-order valence-electron chi connectivity index (χ2n) is 5.39. The Morgan fingerprint density at radius 1 is 1.09 bits per heavy atom. The molecule has 0 N–H and O–H groups in total. The van der Waals surface area contributed by atoms with E-state index in [1.165, 1.54) is 0 Å². The summed E-state index contributed by atoms with van der Waals surface area (Å²) in [7, 11) is 0. The fourth-order valence-corrected chi connectivity index (χ4v) is 2.76. The van der Waals surface area contributed by atoms with Crippen molar-refractivity contribution in [3.63, 3.8) is 0 Å². The fraction of sp³-hybridized carbons (Fsp3) is 0.278. The first-order chi connectivity index (χ1) is 11.2. The molecule has 1 saturated heterocycles. The van der Waals surface area contributed by atoms with Gasteiger partial charge in [-0.2, -0.15) is 0 Å². The first-order valence-corrected chi connectivity index (χ1v) is 8.20. The Bertz CT molecular complexity index is 693. The number of pyridine rings is 1. The van der Waals surface area contributed by atoms with Crippen molar-refractivity contribution < 1.29 is 9.47 Å². The quantitative estimate of drug-likeness (QED) is 0.705. The molecule has 0 unspecified atom stereocenters. The molecule has 1 aromatic heterocycles. The maximum atomic E-state index is 6.05. The molecule has 0 radical (unpaired) electrons. The van der Waals surface area contributed by atoms with E-state index in [-0.39, 0.29) is 6.29 Å². The van der Waals surface area contributed by atoms with Gasteiger partial charge in [0.15, 0.2) is 6.29 Å². The summed E-state index contributed by atoms with van der Waals surface area (Å²) in [5, 5.41) is 1.05. The van der Waals surface area contributed by atoms with Gasteiger partial charge in [0, 0.05) is 23.2 Å². The van der Waals surface area contributed by atoms with E-state index < -0.39 is 0 Å². The van der Waals surface area contributed by atoms with Crippen molar-refractivity contribution in [3.8, 4) is 11.3 Å². The lowest BCUT2D eigenvalue weighted by molar-refractivity contribution is -0.197. The van der Waals surface area contributed by atoms with E-state index in [9.17, 15) is 0 Å². The largest absolute Gasteiger partial charge is 0.348 e. The third-order valence-electron chi connectivity index (χ3n) is 3.66. The van der Waals surface area contributed by atoms with Crippen LogP contribution < -0.4 is 0 Å². The highest BCUT2D eigenvalue weighted by Crippen LogP contribution is 2.29.